The zero-order valence-electron chi connectivity index (χ0n) is 10.5. The molecule has 98 valence electrons. The zero-order chi connectivity index (χ0) is 13.2. The van der Waals surface area contributed by atoms with E-state index in [1.807, 2.05) is 12.1 Å². The summed E-state index contributed by atoms with van der Waals surface area (Å²) >= 11 is 0. The molecule has 0 amide bonds. The number of benzene rings is 1. The summed E-state index contributed by atoms with van der Waals surface area (Å²) in [4.78, 5) is 16.1. The molecule has 0 radical (unpaired) electrons. The number of aromatic nitrogens is 2. The number of anilines is 1. The average molecular weight is 257 g/mol. The van der Waals surface area contributed by atoms with Crippen LogP contribution in [-0.4, -0.2) is 9.55 Å². The molecular formula is C14H15N3O2. The Labute approximate surface area is 110 Å². The number of hydrogen-bond acceptors (Lipinski definition) is 4. The quantitative estimate of drug-likeness (QED) is 0.847. The number of nitrogen functional groups attached to an aromatic ring is 1. The van der Waals surface area contributed by atoms with E-state index in [1.165, 1.54) is 0 Å². The molecule has 1 fully saturated rings. The van der Waals surface area contributed by atoms with Gasteiger partial charge in [0, 0.05) is 24.1 Å². The van der Waals surface area contributed by atoms with Gasteiger partial charge in [0.15, 0.2) is 0 Å². The first kappa shape index (κ1) is 11.8. The van der Waals surface area contributed by atoms with Gasteiger partial charge in [-0.3, -0.25) is 4.79 Å². The molecule has 0 aliphatic heterocycles. The van der Waals surface area contributed by atoms with Gasteiger partial charge in [-0.05, 0) is 30.5 Å². The molecule has 5 heteroatoms. The van der Waals surface area contributed by atoms with Crippen LogP contribution in [0.15, 0.2) is 41.5 Å². The van der Waals surface area contributed by atoms with Crippen molar-refractivity contribution >= 4 is 5.69 Å². The fourth-order valence-electron chi connectivity index (χ4n) is 1.91. The molecular weight excluding hydrogens is 242 g/mol. The van der Waals surface area contributed by atoms with E-state index < -0.39 is 0 Å². The number of hydrogen-bond donors (Lipinski definition) is 1. The minimum absolute atomic E-state index is 0.152. The molecule has 0 atom stereocenters. The molecule has 1 aromatic carbocycles. The number of nitrogens with zero attached hydrogens (tertiary/aromatic N) is 2. The number of nitrogens with two attached hydrogens (primary N) is 1. The SMILES string of the molecule is Nc1ccc(COc2nccn(C3CC3)c2=O)cc1. The second-order valence-electron chi connectivity index (χ2n) is 4.71. The van der Waals surface area contributed by atoms with Crippen molar-refractivity contribution in [3.05, 3.63) is 52.6 Å². The first-order valence-corrected chi connectivity index (χ1v) is 6.28. The topological polar surface area (TPSA) is 70.1 Å². The molecule has 5 nitrogen and oxygen atoms in total. The van der Waals surface area contributed by atoms with E-state index in [0.29, 0.717) is 18.3 Å². The van der Waals surface area contributed by atoms with Crippen molar-refractivity contribution in [3.8, 4) is 5.88 Å². The third-order valence-corrected chi connectivity index (χ3v) is 3.13. The normalized spacial score (nSPS) is 14.3. The first-order valence-electron chi connectivity index (χ1n) is 6.28. The van der Waals surface area contributed by atoms with Gasteiger partial charge in [0.05, 0.1) is 0 Å². The first-order chi connectivity index (χ1) is 9.24. The fraction of sp³-hybridized carbons (Fsp3) is 0.286. The van der Waals surface area contributed by atoms with Crippen molar-refractivity contribution in [3.63, 3.8) is 0 Å². The lowest BCUT2D eigenvalue weighted by atomic mass is 10.2. The van der Waals surface area contributed by atoms with E-state index in [1.54, 1.807) is 29.1 Å². The molecule has 1 aromatic heterocycles. The molecule has 19 heavy (non-hydrogen) atoms. The van der Waals surface area contributed by atoms with Crippen LogP contribution in [0.25, 0.3) is 0 Å². The van der Waals surface area contributed by atoms with Gasteiger partial charge in [-0.2, -0.15) is 0 Å². The van der Waals surface area contributed by atoms with Crippen molar-refractivity contribution in [1.82, 2.24) is 9.55 Å². The molecule has 0 bridgehead atoms. The Morgan fingerprint density at radius 3 is 2.74 bits per heavy atom. The predicted molar refractivity (Wildman–Crippen MR) is 72.0 cm³/mol. The Balaban J connectivity index is 1.74. The van der Waals surface area contributed by atoms with Crippen LogP contribution in [0.3, 0.4) is 0 Å². The summed E-state index contributed by atoms with van der Waals surface area (Å²) in [6.07, 6.45) is 5.44. The highest BCUT2D eigenvalue weighted by Crippen LogP contribution is 2.33. The predicted octanol–water partition coefficient (Wildman–Crippen LogP) is 1.74. The standard InChI is InChI=1S/C14H15N3O2/c15-11-3-1-10(2-4-11)9-19-13-14(18)17(8-7-16-13)12-5-6-12/h1-4,7-8,12H,5-6,9,15H2. The van der Waals surface area contributed by atoms with Gasteiger partial charge in [0.2, 0.25) is 0 Å². The summed E-state index contributed by atoms with van der Waals surface area (Å²) in [7, 11) is 0. The molecule has 0 spiro atoms. The van der Waals surface area contributed by atoms with Gasteiger partial charge >= 0.3 is 5.56 Å². The largest absolute Gasteiger partial charge is 0.469 e. The molecule has 1 saturated carbocycles. The highest BCUT2D eigenvalue weighted by Gasteiger charge is 2.25. The maximum absolute atomic E-state index is 12.1. The minimum Gasteiger partial charge on any atom is -0.469 e. The maximum Gasteiger partial charge on any atom is 0.313 e. The average Bonchev–Trinajstić information content (AvgIpc) is 3.24. The number of ether oxygens (including phenoxy) is 1. The fourth-order valence-corrected chi connectivity index (χ4v) is 1.91. The van der Waals surface area contributed by atoms with E-state index >= 15 is 0 Å². The molecule has 1 aliphatic carbocycles. The Morgan fingerprint density at radius 1 is 1.32 bits per heavy atom. The molecule has 2 aromatic rings. The lowest BCUT2D eigenvalue weighted by Crippen LogP contribution is -2.21. The van der Waals surface area contributed by atoms with Gasteiger partial charge in [-0.15, -0.1) is 0 Å². The number of rotatable bonds is 4. The summed E-state index contributed by atoms with van der Waals surface area (Å²) < 4.78 is 7.20. The summed E-state index contributed by atoms with van der Waals surface area (Å²) in [5.41, 5.74) is 7.12. The van der Waals surface area contributed by atoms with Gasteiger partial charge in [-0.1, -0.05) is 12.1 Å². The van der Waals surface area contributed by atoms with Crippen molar-refractivity contribution in [2.24, 2.45) is 0 Å². The molecule has 1 aliphatic rings. The Kier molecular flexibility index (Phi) is 2.95. The van der Waals surface area contributed by atoms with Crippen LogP contribution >= 0.6 is 0 Å². The lowest BCUT2D eigenvalue weighted by molar-refractivity contribution is 0.286. The highest BCUT2D eigenvalue weighted by atomic mass is 16.5. The Morgan fingerprint density at radius 2 is 2.05 bits per heavy atom. The molecule has 0 unspecified atom stereocenters. The van der Waals surface area contributed by atoms with Gasteiger partial charge in [-0.25, -0.2) is 4.98 Å². The second-order valence-corrected chi connectivity index (χ2v) is 4.71. The van der Waals surface area contributed by atoms with Crippen molar-refractivity contribution < 1.29 is 4.74 Å². The van der Waals surface area contributed by atoms with E-state index in [2.05, 4.69) is 4.98 Å². The van der Waals surface area contributed by atoms with Crippen LogP contribution in [0.5, 0.6) is 5.88 Å². The van der Waals surface area contributed by atoms with E-state index in [9.17, 15) is 4.79 Å². The molecule has 3 rings (SSSR count). The summed E-state index contributed by atoms with van der Waals surface area (Å²) in [6, 6.07) is 7.68. The van der Waals surface area contributed by atoms with Crippen LogP contribution < -0.4 is 16.0 Å². The van der Waals surface area contributed by atoms with E-state index in [0.717, 1.165) is 18.4 Å². The third-order valence-electron chi connectivity index (χ3n) is 3.13. The Bertz CT molecular complexity index is 630. The third kappa shape index (κ3) is 2.59. The van der Waals surface area contributed by atoms with Crippen molar-refractivity contribution in [2.75, 3.05) is 5.73 Å². The molecule has 0 saturated heterocycles. The van der Waals surface area contributed by atoms with Crippen LogP contribution in [0.2, 0.25) is 0 Å². The summed E-state index contributed by atoms with van der Waals surface area (Å²) in [5.74, 6) is 0.159. The monoisotopic (exact) mass is 257 g/mol. The van der Waals surface area contributed by atoms with Gasteiger partial charge in [0.1, 0.15) is 6.61 Å². The van der Waals surface area contributed by atoms with Gasteiger partial charge < -0.3 is 15.0 Å². The van der Waals surface area contributed by atoms with Crippen LogP contribution in [0.1, 0.15) is 24.4 Å². The molecule has 1 heterocycles. The van der Waals surface area contributed by atoms with Crippen molar-refractivity contribution in [1.29, 1.82) is 0 Å². The summed E-state index contributed by atoms with van der Waals surface area (Å²) in [5, 5.41) is 0. The minimum atomic E-state index is -0.152. The van der Waals surface area contributed by atoms with Crippen LogP contribution in [0, 0.1) is 0 Å². The van der Waals surface area contributed by atoms with Crippen LogP contribution in [-0.2, 0) is 6.61 Å². The summed E-state index contributed by atoms with van der Waals surface area (Å²) in [6.45, 7) is 0.317. The zero-order valence-corrected chi connectivity index (χ0v) is 10.5. The second kappa shape index (κ2) is 4.76. The van der Waals surface area contributed by atoms with E-state index in [-0.39, 0.29) is 11.4 Å². The highest BCUT2D eigenvalue weighted by molar-refractivity contribution is 5.39. The lowest BCUT2D eigenvalue weighted by Gasteiger charge is -2.07. The smallest absolute Gasteiger partial charge is 0.313 e. The van der Waals surface area contributed by atoms with E-state index in [4.69, 9.17) is 10.5 Å². The Hall–Kier alpha value is -2.30. The maximum atomic E-state index is 12.1. The van der Waals surface area contributed by atoms with Crippen LogP contribution in [0.4, 0.5) is 5.69 Å². The van der Waals surface area contributed by atoms with Crippen molar-refractivity contribution in [2.45, 2.75) is 25.5 Å². The molecule has 2 N–H and O–H groups in total. The van der Waals surface area contributed by atoms with Gasteiger partial charge in [0.25, 0.3) is 5.88 Å².